The third-order valence-corrected chi connectivity index (χ3v) is 3.09. The molecule has 0 fully saturated rings. The number of nitrogens with zero attached hydrogens (tertiary/aromatic N) is 2. The highest BCUT2D eigenvalue weighted by Gasteiger charge is 2.25. The standard InChI is InChI=1S/C15H19N3O3/c1-4-21-15(20)18-11-8-6-5-7-10(11)13(16)14(18)12(19)9-17(2)3/h5-8H,4,9,16H2,1-3H3. The highest BCUT2D eigenvalue weighted by Crippen LogP contribution is 2.29. The van der Waals surface area contributed by atoms with E-state index in [9.17, 15) is 9.59 Å². The van der Waals surface area contributed by atoms with E-state index in [-0.39, 0.29) is 24.6 Å². The van der Waals surface area contributed by atoms with Gasteiger partial charge in [-0.1, -0.05) is 18.2 Å². The summed E-state index contributed by atoms with van der Waals surface area (Å²) < 4.78 is 6.31. The Hall–Kier alpha value is -2.34. The SMILES string of the molecule is CCOC(=O)n1c(C(=O)CN(C)C)c(N)c2ccccc21. The normalized spacial score (nSPS) is 11.0. The first kappa shape index (κ1) is 15.1. The lowest BCUT2D eigenvalue weighted by molar-refractivity contribution is 0.0945. The minimum atomic E-state index is -0.590. The van der Waals surface area contributed by atoms with E-state index >= 15 is 0 Å². The molecular formula is C15H19N3O3. The predicted octanol–water partition coefficient (Wildman–Crippen LogP) is 1.97. The van der Waals surface area contributed by atoms with Crippen molar-refractivity contribution in [2.75, 3.05) is 33.0 Å². The van der Waals surface area contributed by atoms with Crippen molar-refractivity contribution in [1.29, 1.82) is 0 Å². The van der Waals surface area contributed by atoms with Crippen molar-refractivity contribution in [1.82, 2.24) is 9.47 Å². The topological polar surface area (TPSA) is 77.6 Å². The zero-order valence-corrected chi connectivity index (χ0v) is 12.4. The van der Waals surface area contributed by atoms with Gasteiger partial charge in [0.05, 0.1) is 24.4 Å². The molecule has 21 heavy (non-hydrogen) atoms. The van der Waals surface area contributed by atoms with Gasteiger partial charge in [-0.3, -0.25) is 4.79 Å². The Bertz CT molecular complexity index is 689. The molecule has 112 valence electrons. The van der Waals surface area contributed by atoms with Gasteiger partial charge in [-0.15, -0.1) is 0 Å². The summed E-state index contributed by atoms with van der Waals surface area (Å²) in [7, 11) is 3.57. The van der Waals surface area contributed by atoms with Crippen LogP contribution >= 0.6 is 0 Å². The van der Waals surface area contributed by atoms with Gasteiger partial charge >= 0.3 is 6.09 Å². The van der Waals surface area contributed by atoms with Crippen molar-refractivity contribution in [3.63, 3.8) is 0 Å². The molecule has 2 N–H and O–H groups in total. The van der Waals surface area contributed by atoms with Crippen molar-refractivity contribution >= 4 is 28.5 Å². The maximum absolute atomic E-state index is 12.4. The number of ketones is 1. The van der Waals surface area contributed by atoms with Gasteiger partial charge in [-0.25, -0.2) is 9.36 Å². The molecule has 2 aromatic rings. The van der Waals surface area contributed by atoms with Gasteiger partial charge in [-0.2, -0.15) is 0 Å². The number of carbonyl (C=O) groups excluding carboxylic acids is 2. The van der Waals surface area contributed by atoms with E-state index in [1.165, 1.54) is 4.57 Å². The summed E-state index contributed by atoms with van der Waals surface area (Å²) in [6.45, 7) is 2.11. The zero-order chi connectivity index (χ0) is 15.6. The number of hydrogen-bond donors (Lipinski definition) is 1. The van der Waals surface area contributed by atoms with Crippen LogP contribution in [0, 0.1) is 0 Å². The number of para-hydroxylation sites is 1. The Morgan fingerprint density at radius 3 is 2.57 bits per heavy atom. The Kier molecular flexibility index (Phi) is 4.28. The molecule has 0 saturated heterocycles. The third-order valence-electron chi connectivity index (χ3n) is 3.09. The molecule has 0 amide bonds. The molecule has 0 bridgehead atoms. The number of nitrogens with two attached hydrogens (primary N) is 1. The molecule has 0 aliphatic carbocycles. The Labute approximate surface area is 123 Å². The van der Waals surface area contributed by atoms with Crippen LogP contribution in [0.1, 0.15) is 17.4 Å². The van der Waals surface area contributed by atoms with Gasteiger partial charge in [0.25, 0.3) is 0 Å². The van der Waals surface area contributed by atoms with Crippen LogP contribution in [0.4, 0.5) is 10.5 Å². The molecule has 1 aromatic heterocycles. The summed E-state index contributed by atoms with van der Waals surface area (Å²) in [6.07, 6.45) is -0.590. The van der Waals surface area contributed by atoms with E-state index in [0.717, 1.165) is 0 Å². The number of benzene rings is 1. The lowest BCUT2D eigenvalue weighted by Gasteiger charge is -2.11. The highest BCUT2D eigenvalue weighted by molar-refractivity contribution is 6.13. The summed E-state index contributed by atoms with van der Waals surface area (Å²) in [4.78, 5) is 26.4. The molecule has 6 nitrogen and oxygen atoms in total. The molecule has 6 heteroatoms. The number of likely N-dealkylation sites (N-methyl/N-ethyl adjacent to an activating group) is 1. The molecule has 0 unspecified atom stereocenters. The van der Waals surface area contributed by atoms with Crippen molar-refractivity contribution in [3.8, 4) is 0 Å². The number of fused-ring (bicyclic) bond motifs is 1. The first-order valence-corrected chi connectivity index (χ1v) is 6.71. The van der Waals surface area contributed by atoms with Gasteiger partial charge < -0.3 is 15.4 Å². The highest BCUT2D eigenvalue weighted by atomic mass is 16.5. The van der Waals surface area contributed by atoms with Crippen molar-refractivity contribution in [2.45, 2.75) is 6.92 Å². The first-order valence-electron chi connectivity index (χ1n) is 6.71. The van der Waals surface area contributed by atoms with Gasteiger partial charge in [0.15, 0.2) is 5.78 Å². The average Bonchev–Trinajstić information content (AvgIpc) is 2.72. The Balaban J connectivity index is 2.66. The monoisotopic (exact) mass is 289 g/mol. The van der Waals surface area contributed by atoms with E-state index in [1.54, 1.807) is 44.1 Å². The largest absolute Gasteiger partial charge is 0.449 e. The number of Topliss-reactive ketones (excluding diaryl/α,β-unsaturated/α-hetero) is 1. The number of aromatic nitrogens is 1. The predicted molar refractivity (Wildman–Crippen MR) is 81.7 cm³/mol. The number of anilines is 1. The third kappa shape index (κ3) is 2.75. The number of carbonyl (C=O) groups is 2. The molecule has 0 aliphatic rings. The van der Waals surface area contributed by atoms with Crippen LogP contribution in [0.15, 0.2) is 24.3 Å². The van der Waals surface area contributed by atoms with Crippen molar-refractivity contribution in [3.05, 3.63) is 30.0 Å². The van der Waals surface area contributed by atoms with Crippen LogP contribution in [0.5, 0.6) is 0 Å². The van der Waals surface area contributed by atoms with Gasteiger partial charge in [0.2, 0.25) is 0 Å². The summed E-state index contributed by atoms with van der Waals surface area (Å²) >= 11 is 0. The Morgan fingerprint density at radius 1 is 1.29 bits per heavy atom. The molecule has 0 spiro atoms. The molecule has 2 rings (SSSR count). The minimum absolute atomic E-state index is 0.167. The van der Waals surface area contributed by atoms with Gasteiger partial charge in [0.1, 0.15) is 5.69 Å². The lowest BCUT2D eigenvalue weighted by atomic mass is 10.2. The fourth-order valence-electron chi connectivity index (χ4n) is 2.28. The van der Waals surface area contributed by atoms with Crippen LogP contribution in [0.2, 0.25) is 0 Å². The van der Waals surface area contributed by atoms with Crippen LogP contribution in [0.3, 0.4) is 0 Å². The number of ether oxygens (including phenoxy) is 1. The zero-order valence-electron chi connectivity index (χ0n) is 12.4. The van der Waals surface area contributed by atoms with Crippen molar-refractivity contribution in [2.24, 2.45) is 0 Å². The molecule has 1 heterocycles. The van der Waals surface area contributed by atoms with Crippen LogP contribution in [-0.4, -0.2) is 48.6 Å². The van der Waals surface area contributed by atoms with Crippen LogP contribution < -0.4 is 5.73 Å². The van der Waals surface area contributed by atoms with E-state index in [0.29, 0.717) is 16.6 Å². The second kappa shape index (κ2) is 5.97. The fraction of sp³-hybridized carbons (Fsp3) is 0.333. The van der Waals surface area contributed by atoms with Gasteiger partial charge in [-0.05, 0) is 27.1 Å². The number of hydrogen-bond acceptors (Lipinski definition) is 5. The van der Waals surface area contributed by atoms with E-state index in [4.69, 9.17) is 10.5 Å². The summed E-state index contributed by atoms with van der Waals surface area (Å²) in [5.41, 5.74) is 7.16. The maximum atomic E-state index is 12.4. The summed E-state index contributed by atoms with van der Waals surface area (Å²) in [5.74, 6) is -0.221. The molecule has 0 radical (unpaired) electrons. The maximum Gasteiger partial charge on any atom is 0.419 e. The van der Waals surface area contributed by atoms with E-state index in [2.05, 4.69) is 0 Å². The second-order valence-electron chi connectivity index (χ2n) is 4.97. The molecular weight excluding hydrogens is 270 g/mol. The van der Waals surface area contributed by atoms with Crippen LogP contribution in [-0.2, 0) is 4.74 Å². The van der Waals surface area contributed by atoms with E-state index in [1.807, 2.05) is 6.07 Å². The molecule has 0 atom stereocenters. The van der Waals surface area contributed by atoms with Crippen LogP contribution in [0.25, 0.3) is 10.9 Å². The average molecular weight is 289 g/mol. The number of nitrogen functional groups attached to an aromatic ring is 1. The summed E-state index contributed by atoms with van der Waals surface area (Å²) in [5, 5.41) is 0.674. The second-order valence-corrected chi connectivity index (χ2v) is 4.97. The Morgan fingerprint density at radius 2 is 1.95 bits per heavy atom. The molecule has 1 aromatic carbocycles. The quantitative estimate of drug-likeness (QED) is 0.871. The van der Waals surface area contributed by atoms with E-state index < -0.39 is 6.09 Å². The molecule has 0 saturated carbocycles. The fourth-order valence-corrected chi connectivity index (χ4v) is 2.28. The minimum Gasteiger partial charge on any atom is -0.449 e. The smallest absolute Gasteiger partial charge is 0.419 e. The summed E-state index contributed by atoms with van der Waals surface area (Å²) in [6, 6.07) is 7.13. The van der Waals surface area contributed by atoms with Crippen molar-refractivity contribution < 1.29 is 14.3 Å². The molecule has 0 aliphatic heterocycles. The first-order chi connectivity index (χ1) is 9.97. The number of rotatable bonds is 4. The lowest BCUT2D eigenvalue weighted by Crippen LogP contribution is -2.27. The van der Waals surface area contributed by atoms with Gasteiger partial charge in [0, 0.05) is 5.39 Å².